The van der Waals surface area contributed by atoms with Gasteiger partial charge in [-0.25, -0.2) is 15.0 Å². The molecule has 0 aliphatic heterocycles. The van der Waals surface area contributed by atoms with Crippen molar-refractivity contribution in [1.29, 1.82) is 0 Å². The first-order chi connectivity index (χ1) is 14.2. The number of halogens is 1. The summed E-state index contributed by atoms with van der Waals surface area (Å²) in [6.07, 6.45) is 5.89. The number of aryl methyl sites for hydroxylation is 2. The molecular formula is C21H17ClN4O2S. The van der Waals surface area contributed by atoms with E-state index < -0.39 is 0 Å². The lowest BCUT2D eigenvalue weighted by Crippen LogP contribution is -2.14. The topological polar surface area (TPSA) is 80.9 Å². The van der Waals surface area contributed by atoms with Gasteiger partial charge in [0, 0.05) is 16.4 Å². The number of pyridine rings is 1. The summed E-state index contributed by atoms with van der Waals surface area (Å²) in [6.45, 7) is 0. The van der Waals surface area contributed by atoms with Crippen molar-refractivity contribution in [2.24, 2.45) is 0 Å². The Morgan fingerprint density at radius 2 is 2.00 bits per heavy atom. The molecule has 1 aliphatic carbocycles. The molecule has 0 saturated carbocycles. The molecule has 0 radical (unpaired) electrons. The van der Waals surface area contributed by atoms with Crippen molar-refractivity contribution in [3.8, 4) is 0 Å². The van der Waals surface area contributed by atoms with Gasteiger partial charge >= 0.3 is 0 Å². The van der Waals surface area contributed by atoms with Gasteiger partial charge in [-0.1, -0.05) is 23.4 Å². The smallest absolute Gasteiger partial charge is 0.234 e. The fraction of sp³-hybridized carbons (Fsp3) is 0.238. The van der Waals surface area contributed by atoms with Crippen LogP contribution in [0.3, 0.4) is 0 Å². The molecule has 0 saturated heterocycles. The Kier molecular flexibility index (Phi) is 4.85. The van der Waals surface area contributed by atoms with Gasteiger partial charge in [0.2, 0.25) is 11.6 Å². The van der Waals surface area contributed by atoms with Gasteiger partial charge in [0.15, 0.2) is 5.58 Å². The third kappa shape index (κ3) is 3.68. The molecule has 0 bridgehead atoms. The van der Waals surface area contributed by atoms with E-state index in [1.807, 2.05) is 0 Å². The number of thioether (sulfide) groups is 1. The van der Waals surface area contributed by atoms with Crippen molar-refractivity contribution in [3.05, 3.63) is 52.9 Å². The van der Waals surface area contributed by atoms with Crippen molar-refractivity contribution < 1.29 is 9.21 Å². The van der Waals surface area contributed by atoms with Gasteiger partial charge in [-0.3, -0.25) is 4.79 Å². The van der Waals surface area contributed by atoms with Crippen molar-refractivity contribution in [2.75, 3.05) is 11.1 Å². The van der Waals surface area contributed by atoms with E-state index in [1.165, 1.54) is 30.1 Å². The summed E-state index contributed by atoms with van der Waals surface area (Å²) in [7, 11) is 0. The lowest BCUT2D eigenvalue weighted by atomic mass is 9.95. The number of nitrogens with one attached hydrogen (secondary N) is 1. The molecule has 0 unspecified atom stereocenters. The van der Waals surface area contributed by atoms with Gasteiger partial charge in [-0.15, -0.1) is 0 Å². The summed E-state index contributed by atoms with van der Waals surface area (Å²) in [5, 5.41) is 5.02. The standard InChI is InChI=1S/C21H17ClN4O2S/c22-13-5-7-14(8-6-13)25-17(27)10-29-21-19-18(23-11-24-21)15-9-12-3-1-2-4-16(12)26-20(15)28-19/h5-9,11H,1-4,10H2,(H,25,27). The quantitative estimate of drug-likeness (QED) is 0.365. The third-order valence-corrected chi connectivity index (χ3v) is 6.18. The van der Waals surface area contributed by atoms with Crippen molar-refractivity contribution in [2.45, 2.75) is 30.7 Å². The number of hydrogen-bond acceptors (Lipinski definition) is 6. The Bertz CT molecular complexity index is 1220. The van der Waals surface area contributed by atoms with Gasteiger partial charge < -0.3 is 9.73 Å². The first-order valence-corrected chi connectivity index (χ1v) is 10.8. The summed E-state index contributed by atoms with van der Waals surface area (Å²) in [5.74, 6) is 0.0733. The predicted octanol–water partition coefficient (Wildman–Crippen LogP) is 5.03. The number of furan rings is 1. The number of carbonyl (C=O) groups excluding carboxylic acids is 1. The molecule has 29 heavy (non-hydrogen) atoms. The number of aromatic nitrogens is 3. The van der Waals surface area contributed by atoms with Crippen LogP contribution in [0, 0.1) is 0 Å². The molecule has 3 heterocycles. The van der Waals surface area contributed by atoms with E-state index in [1.54, 1.807) is 24.3 Å². The van der Waals surface area contributed by atoms with Crippen LogP contribution in [-0.2, 0) is 17.6 Å². The molecule has 146 valence electrons. The Labute approximate surface area is 176 Å². The van der Waals surface area contributed by atoms with Crippen LogP contribution in [0.4, 0.5) is 5.69 Å². The van der Waals surface area contributed by atoms with Crippen LogP contribution in [0.15, 0.2) is 46.1 Å². The molecule has 8 heteroatoms. The number of fused-ring (bicyclic) bond motifs is 4. The second-order valence-corrected chi connectivity index (χ2v) is 8.36. The summed E-state index contributed by atoms with van der Waals surface area (Å²) in [6, 6.07) is 9.15. The molecule has 1 amide bonds. The summed E-state index contributed by atoms with van der Waals surface area (Å²) in [4.78, 5) is 25.8. The first-order valence-electron chi connectivity index (χ1n) is 9.41. The average molecular weight is 425 g/mol. The molecule has 1 aromatic carbocycles. The fourth-order valence-electron chi connectivity index (χ4n) is 3.57. The van der Waals surface area contributed by atoms with Crippen LogP contribution in [0.25, 0.3) is 22.2 Å². The molecule has 0 fully saturated rings. The zero-order chi connectivity index (χ0) is 19.8. The minimum atomic E-state index is -0.131. The molecule has 4 aromatic rings. The first kappa shape index (κ1) is 18.4. The normalized spacial score (nSPS) is 13.6. The maximum Gasteiger partial charge on any atom is 0.234 e. The van der Waals surface area contributed by atoms with Crippen molar-refractivity contribution >= 4 is 57.2 Å². The predicted molar refractivity (Wildman–Crippen MR) is 115 cm³/mol. The molecule has 1 N–H and O–H groups in total. The minimum absolute atomic E-state index is 0.131. The van der Waals surface area contributed by atoms with Gasteiger partial charge in [-0.2, -0.15) is 0 Å². The minimum Gasteiger partial charge on any atom is -0.433 e. The summed E-state index contributed by atoms with van der Waals surface area (Å²) >= 11 is 7.19. The van der Waals surface area contributed by atoms with Crippen LogP contribution >= 0.6 is 23.4 Å². The number of nitrogens with zero attached hydrogens (tertiary/aromatic N) is 3. The molecule has 6 nitrogen and oxygen atoms in total. The van der Waals surface area contributed by atoms with E-state index in [0.29, 0.717) is 27.0 Å². The van der Waals surface area contributed by atoms with E-state index in [2.05, 4.69) is 21.4 Å². The maximum absolute atomic E-state index is 12.3. The second-order valence-electron chi connectivity index (χ2n) is 6.96. The Morgan fingerprint density at radius 1 is 1.17 bits per heavy atom. The van der Waals surface area contributed by atoms with E-state index >= 15 is 0 Å². The van der Waals surface area contributed by atoms with Crippen LogP contribution in [-0.4, -0.2) is 26.6 Å². The monoisotopic (exact) mass is 424 g/mol. The highest BCUT2D eigenvalue weighted by molar-refractivity contribution is 8.00. The largest absolute Gasteiger partial charge is 0.433 e. The molecule has 0 atom stereocenters. The lowest BCUT2D eigenvalue weighted by molar-refractivity contribution is -0.113. The summed E-state index contributed by atoms with van der Waals surface area (Å²) < 4.78 is 6.01. The fourth-order valence-corrected chi connectivity index (χ4v) is 4.42. The van der Waals surface area contributed by atoms with Gasteiger partial charge in [0.1, 0.15) is 16.9 Å². The Hall–Kier alpha value is -2.64. The number of carbonyl (C=O) groups is 1. The van der Waals surface area contributed by atoms with Crippen LogP contribution < -0.4 is 5.32 Å². The number of anilines is 1. The van der Waals surface area contributed by atoms with E-state index in [-0.39, 0.29) is 11.7 Å². The van der Waals surface area contributed by atoms with Crippen LogP contribution in [0.5, 0.6) is 0 Å². The molecule has 0 spiro atoms. The zero-order valence-corrected chi connectivity index (χ0v) is 17.0. The highest BCUT2D eigenvalue weighted by atomic mass is 35.5. The average Bonchev–Trinajstić information content (AvgIpc) is 3.10. The Morgan fingerprint density at radius 3 is 2.86 bits per heavy atom. The molecular weight excluding hydrogens is 408 g/mol. The van der Waals surface area contributed by atoms with E-state index in [0.717, 1.165) is 35.9 Å². The number of amides is 1. The number of benzene rings is 1. The third-order valence-electron chi connectivity index (χ3n) is 4.96. The second kappa shape index (κ2) is 7.65. The van der Waals surface area contributed by atoms with Gasteiger partial charge in [-0.05, 0) is 61.6 Å². The number of rotatable bonds is 4. The van der Waals surface area contributed by atoms with Crippen molar-refractivity contribution in [3.63, 3.8) is 0 Å². The highest BCUT2D eigenvalue weighted by Gasteiger charge is 2.19. The van der Waals surface area contributed by atoms with Gasteiger partial charge in [0.05, 0.1) is 11.1 Å². The van der Waals surface area contributed by atoms with Crippen molar-refractivity contribution in [1.82, 2.24) is 15.0 Å². The molecule has 5 rings (SSSR count). The van der Waals surface area contributed by atoms with E-state index in [9.17, 15) is 4.79 Å². The summed E-state index contributed by atoms with van der Waals surface area (Å²) in [5.41, 5.74) is 5.02. The molecule has 1 aliphatic rings. The highest BCUT2D eigenvalue weighted by Crippen LogP contribution is 2.34. The molecule has 3 aromatic heterocycles. The van der Waals surface area contributed by atoms with Crippen LogP contribution in [0.1, 0.15) is 24.1 Å². The maximum atomic E-state index is 12.3. The Balaban J connectivity index is 1.40. The lowest BCUT2D eigenvalue weighted by Gasteiger charge is -2.13. The SMILES string of the molecule is O=C(CSc1ncnc2c1oc1nc3c(cc12)CCCC3)Nc1ccc(Cl)cc1. The van der Waals surface area contributed by atoms with E-state index in [4.69, 9.17) is 21.0 Å². The van der Waals surface area contributed by atoms with Gasteiger partial charge in [0.25, 0.3) is 0 Å². The number of hydrogen-bond donors (Lipinski definition) is 1. The zero-order valence-electron chi connectivity index (χ0n) is 15.4. The van der Waals surface area contributed by atoms with Crippen LogP contribution in [0.2, 0.25) is 5.02 Å².